The van der Waals surface area contributed by atoms with E-state index >= 15 is 0 Å². The van der Waals surface area contributed by atoms with Crippen molar-refractivity contribution in [3.05, 3.63) is 64.6 Å². The zero-order chi connectivity index (χ0) is 35.6. The summed E-state index contributed by atoms with van der Waals surface area (Å²) in [5.74, 6) is -0.819. The van der Waals surface area contributed by atoms with Crippen molar-refractivity contribution in [3.63, 3.8) is 0 Å². The largest absolute Gasteiger partial charge is 0.496 e. The molecule has 4 amide bonds. The summed E-state index contributed by atoms with van der Waals surface area (Å²) in [5.41, 5.74) is 1.10. The van der Waals surface area contributed by atoms with Gasteiger partial charge < -0.3 is 29.3 Å². The van der Waals surface area contributed by atoms with Crippen LogP contribution in [-0.4, -0.2) is 79.8 Å². The molecule has 12 heteroatoms. The highest BCUT2D eigenvalue weighted by molar-refractivity contribution is 9.10. The minimum Gasteiger partial charge on any atom is -0.496 e. The predicted molar refractivity (Wildman–Crippen MR) is 192 cm³/mol. The van der Waals surface area contributed by atoms with E-state index in [-0.39, 0.29) is 18.4 Å². The maximum absolute atomic E-state index is 14.9. The van der Waals surface area contributed by atoms with E-state index in [9.17, 15) is 19.2 Å². The maximum atomic E-state index is 14.9. The summed E-state index contributed by atoms with van der Waals surface area (Å²) in [5, 5.41) is 4.77. The monoisotopic (exact) mass is 736 g/mol. The molecule has 0 bridgehead atoms. The first kappa shape index (κ1) is 36.1. The molecule has 11 nitrogen and oxygen atoms in total. The van der Waals surface area contributed by atoms with Crippen molar-refractivity contribution in [1.29, 1.82) is 0 Å². The Bertz CT molecular complexity index is 1740. The topological polar surface area (TPSA) is 118 Å². The average molecular weight is 738 g/mol. The summed E-state index contributed by atoms with van der Waals surface area (Å²) in [4.78, 5) is 60.5. The normalized spacial score (nSPS) is 19.1. The Labute approximate surface area is 296 Å². The number of para-hydroxylation sites is 2. The Morgan fingerprint density at radius 3 is 2.35 bits per heavy atom. The highest BCUT2D eigenvalue weighted by Crippen LogP contribution is 2.40. The molecule has 2 aliphatic rings. The predicted octanol–water partition coefficient (Wildman–Crippen LogP) is 6.05. The maximum Gasteiger partial charge on any atom is 0.410 e. The lowest BCUT2D eigenvalue weighted by Crippen LogP contribution is -2.61. The van der Waals surface area contributed by atoms with E-state index in [2.05, 4.69) is 21.2 Å². The summed E-state index contributed by atoms with van der Waals surface area (Å²) in [6.07, 6.45) is 0.437. The number of ether oxygens (including phenoxy) is 3. The lowest BCUT2D eigenvalue weighted by Gasteiger charge is -2.36. The van der Waals surface area contributed by atoms with E-state index < -0.39 is 41.6 Å². The summed E-state index contributed by atoms with van der Waals surface area (Å²) in [7, 11) is 3.06. The van der Waals surface area contributed by atoms with Crippen LogP contribution in [0.25, 0.3) is 10.8 Å². The summed E-state index contributed by atoms with van der Waals surface area (Å²) < 4.78 is 17.7. The summed E-state index contributed by atoms with van der Waals surface area (Å²) >= 11 is 3.65. The first-order chi connectivity index (χ1) is 23.2. The molecule has 0 aliphatic carbocycles. The van der Waals surface area contributed by atoms with E-state index in [1.807, 2.05) is 54.6 Å². The molecule has 0 saturated carbocycles. The van der Waals surface area contributed by atoms with E-state index in [4.69, 9.17) is 14.2 Å². The number of amides is 4. The number of halogens is 1. The lowest BCUT2D eigenvalue weighted by atomic mass is 9.96. The molecular formula is C37H45BrN4O7. The molecule has 262 valence electrons. The summed E-state index contributed by atoms with van der Waals surface area (Å²) in [6, 6.07) is 14.1. The zero-order valence-electron chi connectivity index (χ0n) is 29.1. The molecule has 0 radical (unpaired) electrons. The average Bonchev–Trinajstić information content (AvgIpc) is 3.16. The number of hydrogen-bond acceptors (Lipinski definition) is 7. The van der Waals surface area contributed by atoms with Crippen LogP contribution in [0.15, 0.2) is 59.1 Å². The third kappa shape index (κ3) is 7.55. The third-order valence-electron chi connectivity index (χ3n) is 9.21. The number of likely N-dealkylation sites (N-methyl/N-ethyl adjacent to an activating group) is 1. The van der Waals surface area contributed by atoms with Crippen molar-refractivity contribution in [1.82, 2.24) is 10.2 Å². The molecule has 3 aromatic carbocycles. The number of nitrogens with one attached hydrogen (secondary N) is 1. The van der Waals surface area contributed by atoms with Crippen molar-refractivity contribution in [2.45, 2.75) is 77.7 Å². The minimum atomic E-state index is -1.16. The molecule has 49 heavy (non-hydrogen) atoms. The van der Waals surface area contributed by atoms with Crippen molar-refractivity contribution in [2.75, 3.05) is 37.2 Å². The van der Waals surface area contributed by atoms with Gasteiger partial charge in [-0.3, -0.25) is 19.3 Å². The van der Waals surface area contributed by atoms with Crippen LogP contribution in [0.5, 0.6) is 5.75 Å². The Balaban J connectivity index is 1.60. The van der Waals surface area contributed by atoms with Crippen molar-refractivity contribution >= 4 is 61.9 Å². The van der Waals surface area contributed by atoms with Crippen molar-refractivity contribution in [2.24, 2.45) is 5.92 Å². The van der Waals surface area contributed by atoms with Gasteiger partial charge in [0.1, 0.15) is 23.4 Å². The van der Waals surface area contributed by atoms with Gasteiger partial charge in [0, 0.05) is 36.2 Å². The van der Waals surface area contributed by atoms with Gasteiger partial charge in [0.05, 0.1) is 31.1 Å². The SMILES string of the molecule is COc1ccc2c(Br)cccc2c1CN1C(=O)[C@@H](NC(=O)[C@H](C)N(C)C(=O)OC(C)(C)C)[C@H](C)N(C(=O)C2CCOCC2)c2ccccc21. The van der Waals surface area contributed by atoms with Crippen LogP contribution >= 0.6 is 15.9 Å². The van der Waals surface area contributed by atoms with Gasteiger partial charge in [-0.2, -0.15) is 0 Å². The fourth-order valence-corrected chi connectivity index (χ4v) is 6.88. The molecule has 1 saturated heterocycles. The molecule has 3 atom stereocenters. The number of benzene rings is 3. The van der Waals surface area contributed by atoms with Gasteiger partial charge in [0.25, 0.3) is 5.91 Å². The minimum absolute atomic E-state index is 0.0958. The molecule has 3 aromatic rings. The molecule has 2 aliphatic heterocycles. The van der Waals surface area contributed by atoms with E-state index in [1.165, 1.54) is 11.9 Å². The van der Waals surface area contributed by atoms with E-state index in [1.54, 1.807) is 51.5 Å². The quantitative estimate of drug-likeness (QED) is 0.314. The van der Waals surface area contributed by atoms with Crippen LogP contribution in [0.4, 0.5) is 16.2 Å². The van der Waals surface area contributed by atoms with Crippen molar-refractivity contribution < 1.29 is 33.4 Å². The van der Waals surface area contributed by atoms with Gasteiger partial charge in [0.15, 0.2) is 0 Å². The first-order valence-corrected chi connectivity index (χ1v) is 17.3. The van der Waals surface area contributed by atoms with Crippen LogP contribution in [0.1, 0.15) is 53.0 Å². The lowest BCUT2D eigenvalue weighted by molar-refractivity contribution is -0.131. The molecule has 5 rings (SSSR count). The fraction of sp³-hybridized carbons (Fsp3) is 0.459. The Morgan fingerprint density at radius 1 is 1.02 bits per heavy atom. The van der Waals surface area contributed by atoms with Crippen molar-refractivity contribution in [3.8, 4) is 5.75 Å². The molecular weight excluding hydrogens is 692 g/mol. The van der Waals surface area contributed by atoms with Gasteiger partial charge in [-0.15, -0.1) is 0 Å². The Hall–Kier alpha value is -4.16. The van der Waals surface area contributed by atoms with E-state index in [0.29, 0.717) is 43.2 Å². The molecule has 1 N–H and O–H groups in total. The van der Waals surface area contributed by atoms with Crippen LogP contribution in [0.2, 0.25) is 0 Å². The van der Waals surface area contributed by atoms with Gasteiger partial charge >= 0.3 is 6.09 Å². The second kappa shape index (κ2) is 14.8. The number of methoxy groups -OCH3 is 1. The van der Waals surface area contributed by atoms with Crippen LogP contribution in [0, 0.1) is 5.92 Å². The van der Waals surface area contributed by atoms with Crippen LogP contribution < -0.4 is 19.9 Å². The smallest absolute Gasteiger partial charge is 0.410 e. The summed E-state index contributed by atoms with van der Waals surface area (Å²) in [6.45, 7) is 9.62. The van der Waals surface area contributed by atoms with Crippen LogP contribution in [0.3, 0.4) is 0 Å². The molecule has 0 spiro atoms. The van der Waals surface area contributed by atoms with Gasteiger partial charge in [-0.05, 0) is 88.6 Å². The molecule has 0 unspecified atom stereocenters. The number of anilines is 2. The van der Waals surface area contributed by atoms with Gasteiger partial charge in [0.2, 0.25) is 11.8 Å². The zero-order valence-corrected chi connectivity index (χ0v) is 30.7. The standard InChI is InChI=1S/C37H45BrN4O7/c1-22-32(39-33(43)23(2)40(6)36(46)49-37(3,4)5)35(45)41(21-27-25-11-10-12-28(38)26(25)15-16-31(27)47-7)29-13-8-9-14-30(29)42(22)34(44)24-17-19-48-20-18-24/h8-16,22-24,32H,17-21H2,1-7H3,(H,39,43)/t22-,23-,32-/m0/s1. The Kier molecular flexibility index (Phi) is 10.9. The number of fused-ring (bicyclic) bond motifs is 2. The number of nitrogens with zero attached hydrogens (tertiary/aromatic N) is 3. The number of carbonyl (C=O) groups is 4. The molecule has 2 heterocycles. The van der Waals surface area contributed by atoms with Gasteiger partial charge in [-0.1, -0.05) is 40.2 Å². The second-order valence-corrected chi connectivity index (χ2v) is 14.4. The third-order valence-corrected chi connectivity index (χ3v) is 9.91. The molecule has 0 aromatic heterocycles. The highest BCUT2D eigenvalue weighted by atomic mass is 79.9. The number of hydrogen-bond donors (Lipinski definition) is 1. The first-order valence-electron chi connectivity index (χ1n) is 16.5. The van der Waals surface area contributed by atoms with E-state index in [0.717, 1.165) is 20.8 Å². The van der Waals surface area contributed by atoms with Crippen LogP contribution in [-0.2, 0) is 30.4 Å². The Morgan fingerprint density at radius 2 is 1.69 bits per heavy atom. The molecule has 1 fully saturated rings. The highest BCUT2D eigenvalue weighted by Gasteiger charge is 2.44. The van der Waals surface area contributed by atoms with Gasteiger partial charge in [-0.25, -0.2) is 4.79 Å². The second-order valence-electron chi connectivity index (χ2n) is 13.6. The number of carbonyl (C=O) groups excluding carboxylic acids is 4. The number of rotatable bonds is 7. The fourth-order valence-electron chi connectivity index (χ4n) is 6.38.